The van der Waals surface area contributed by atoms with Gasteiger partial charge in [0.2, 0.25) is 0 Å². The van der Waals surface area contributed by atoms with E-state index in [9.17, 15) is 0 Å². The van der Waals surface area contributed by atoms with Crippen LogP contribution in [0.3, 0.4) is 0 Å². The van der Waals surface area contributed by atoms with Crippen LogP contribution < -0.4 is 0 Å². The molecule has 5 rings (SSSR count). The van der Waals surface area contributed by atoms with Gasteiger partial charge in [0.05, 0.1) is 0 Å². The third-order valence-electron chi connectivity index (χ3n) is 5.17. The molecule has 0 N–H and O–H groups in total. The summed E-state index contributed by atoms with van der Waals surface area (Å²) in [6, 6.07) is 32.8. The first-order valence-corrected chi connectivity index (χ1v) is 8.73. The number of benzene rings is 4. The van der Waals surface area contributed by atoms with Crippen LogP contribution in [-0.4, -0.2) is 0 Å². The van der Waals surface area contributed by atoms with Gasteiger partial charge >= 0.3 is 0 Å². The monoisotopic (exact) mass is 318 g/mol. The topological polar surface area (TPSA) is 0 Å². The molecule has 0 unspecified atom stereocenters. The van der Waals surface area contributed by atoms with E-state index in [1.54, 1.807) is 0 Å². The lowest BCUT2D eigenvalue weighted by molar-refractivity contribution is 1.51. The SMILES string of the molecule is Cc1ccc2c3c(cccc13)C(c1ccccc1)=C2c1ccccc1. The Morgan fingerprint density at radius 1 is 0.480 bits per heavy atom. The van der Waals surface area contributed by atoms with Crippen molar-refractivity contribution in [3.05, 3.63) is 119 Å². The van der Waals surface area contributed by atoms with Crippen molar-refractivity contribution in [2.24, 2.45) is 0 Å². The van der Waals surface area contributed by atoms with Crippen molar-refractivity contribution in [1.29, 1.82) is 0 Å². The Hall–Kier alpha value is -3.12. The molecule has 0 fully saturated rings. The molecular formula is C25H18. The molecule has 0 nitrogen and oxygen atoms in total. The maximum atomic E-state index is 2.29. The second-order valence-corrected chi connectivity index (χ2v) is 6.64. The lowest BCUT2D eigenvalue weighted by Crippen LogP contribution is -1.90. The van der Waals surface area contributed by atoms with E-state index in [1.165, 1.54) is 49.7 Å². The Morgan fingerprint density at radius 3 is 1.64 bits per heavy atom. The second kappa shape index (κ2) is 5.46. The highest BCUT2D eigenvalue weighted by molar-refractivity contribution is 6.20. The van der Waals surface area contributed by atoms with Gasteiger partial charge in [-0.3, -0.25) is 0 Å². The van der Waals surface area contributed by atoms with Gasteiger partial charge in [-0.2, -0.15) is 0 Å². The lowest BCUT2D eigenvalue weighted by Gasteiger charge is -2.10. The summed E-state index contributed by atoms with van der Waals surface area (Å²) in [5.74, 6) is 0. The zero-order valence-corrected chi connectivity index (χ0v) is 14.2. The van der Waals surface area contributed by atoms with Gasteiger partial charge in [-0.25, -0.2) is 0 Å². The Balaban J connectivity index is 1.94. The van der Waals surface area contributed by atoms with Crippen LogP contribution in [0, 0.1) is 6.92 Å². The first-order chi connectivity index (χ1) is 12.3. The van der Waals surface area contributed by atoms with Crippen molar-refractivity contribution in [3.8, 4) is 0 Å². The van der Waals surface area contributed by atoms with E-state index < -0.39 is 0 Å². The summed E-state index contributed by atoms with van der Waals surface area (Å²) in [7, 11) is 0. The predicted octanol–water partition coefficient (Wildman–Crippen LogP) is 6.47. The van der Waals surface area contributed by atoms with Gasteiger partial charge in [-0.1, -0.05) is 91.0 Å². The van der Waals surface area contributed by atoms with Crippen LogP contribution in [-0.2, 0) is 0 Å². The second-order valence-electron chi connectivity index (χ2n) is 6.64. The highest BCUT2D eigenvalue weighted by Crippen LogP contribution is 2.48. The summed E-state index contributed by atoms with van der Waals surface area (Å²) in [6.45, 7) is 2.20. The third kappa shape index (κ3) is 2.08. The minimum Gasteiger partial charge on any atom is -0.0622 e. The molecule has 1 aliphatic carbocycles. The molecule has 118 valence electrons. The van der Waals surface area contributed by atoms with E-state index >= 15 is 0 Å². The Labute approximate surface area is 148 Å². The average Bonchev–Trinajstić information content (AvgIpc) is 3.02. The Bertz CT molecular complexity index is 1060. The largest absolute Gasteiger partial charge is 0.0622 e. The van der Waals surface area contributed by atoms with Gasteiger partial charge in [0.15, 0.2) is 0 Å². The van der Waals surface area contributed by atoms with Crippen LogP contribution in [0.15, 0.2) is 91.0 Å². The minimum atomic E-state index is 1.28. The third-order valence-corrected chi connectivity index (χ3v) is 5.17. The maximum Gasteiger partial charge on any atom is -0.00201 e. The van der Waals surface area contributed by atoms with Crippen LogP contribution in [0.5, 0.6) is 0 Å². The molecular weight excluding hydrogens is 300 g/mol. The first-order valence-electron chi connectivity index (χ1n) is 8.73. The molecule has 0 saturated heterocycles. The van der Waals surface area contributed by atoms with Crippen LogP contribution >= 0.6 is 0 Å². The number of hydrogen-bond acceptors (Lipinski definition) is 0. The maximum absolute atomic E-state index is 2.29. The molecule has 0 spiro atoms. The first kappa shape index (κ1) is 14.2. The predicted molar refractivity (Wildman–Crippen MR) is 107 cm³/mol. The van der Waals surface area contributed by atoms with E-state index in [4.69, 9.17) is 0 Å². The van der Waals surface area contributed by atoms with E-state index in [1.807, 2.05) is 0 Å². The molecule has 4 aromatic rings. The fraction of sp³-hybridized carbons (Fsp3) is 0.0400. The van der Waals surface area contributed by atoms with Crippen LogP contribution in [0.1, 0.15) is 27.8 Å². The molecule has 0 radical (unpaired) electrons. The highest BCUT2D eigenvalue weighted by atomic mass is 14.3. The number of aryl methyl sites for hydroxylation is 1. The molecule has 1 aliphatic rings. The van der Waals surface area contributed by atoms with Crippen molar-refractivity contribution in [2.75, 3.05) is 0 Å². The van der Waals surface area contributed by atoms with Crippen LogP contribution in [0.2, 0.25) is 0 Å². The van der Waals surface area contributed by atoms with Gasteiger partial charge in [-0.05, 0) is 56.7 Å². The molecule has 0 heterocycles. The highest BCUT2D eigenvalue weighted by Gasteiger charge is 2.26. The zero-order chi connectivity index (χ0) is 16.8. The van der Waals surface area contributed by atoms with E-state index in [0.717, 1.165) is 0 Å². The summed E-state index contributed by atoms with van der Waals surface area (Å²) in [4.78, 5) is 0. The molecule has 0 amide bonds. The standard InChI is InChI=1S/C25H18/c1-17-15-16-22-24(19-11-6-3-7-12-19)23(18-9-4-2-5-10-18)21-14-8-13-20(17)25(21)22/h2-16H,1H3. The summed E-state index contributed by atoms with van der Waals surface area (Å²) in [5, 5.41) is 2.74. The van der Waals surface area contributed by atoms with Crippen molar-refractivity contribution >= 4 is 21.9 Å². The molecule has 0 heteroatoms. The zero-order valence-electron chi connectivity index (χ0n) is 14.2. The van der Waals surface area contributed by atoms with Crippen LogP contribution in [0.4, 0.5) is 0 Å². The number of hydrogen-bond donors (Lipinski definition) is 0. The fourth-order valence-corrected chi connectivity index (χ4v) is 4.05. The molecule has 0 aliphatic heterocycles. The Morgan fingerprint density at radius 2 is 1.04 bits per heavy atom. The van der Waals surface area contributed by atoms with Gasteiger partial charge in [-0.15, -0.1) is 0 Å². The molecule has 0 atom stereocenters. The summed E-state index contributed by atoms with van der Waals surface area (Å²) in [6.07, 6.45) is 0. The minimum absolute atomic E-state index is 1.28. The molecule has 0 aromatic heterocycles. The molecule has 25 heavy (non-hydrogen) atoms. The van der Waals surface area contributed by atoms with Crippen molar-refractivity contribution in [1.82, 2.24) is 0 Å². The van der Waals surface area contributed by atoms with Gasteiger partial charge in [0, 0.05) is 0 Å². The van der Waals surface area contributed by atoms with Gasteiger partial charge in [0.25, 0.3) is 0 Å². The van der Waals surface area contributed by atoms with Crippen LogP contribution in [0.25, 0.3) is 21.9 Å². The van der Waals surface area contributed by atoms with E-state index in [0.29, 0.717) is 0 Å². The molecule has 0 bridgehead atoms. The fourth-order valence-electron chi connectivity index (χ4n) is 4.05. The quantitative estimate of drug-likeness (QED) is 0.350. The van der Waals surface area contributed by atoms with Crippen molar-refractivity contribution in [2.45, 2.75) is 6.92 Å². The Kier molecular flexibility index (Phi) is 3.11. The summed E-state index contributed by atoms with van der Waals surface area (Å²) in [5.41, 5.74) is 9.28. The molecule has 0 saturated carbocycles. The van der Waals surface area contributed by atoms with E-state index in [-0.39, 0.29) is 0 Å². The summed E-state index contributed by atoms with van der Waals surface area (Å²) >= 11 is 0. The lowest BCUT2D eigenvalue weighted by atomic mass is 9.93. The van der Waals surface area contributed by atoms with Gasteiger partial charge < -0.3 is 0 Å². The van der Waals surface area contributed by atoms with Gasteiger partial charge in [0.1, 0.15) is 0 Å². The smallest absolute Gasteiger partial charge is 0.00201 e. The normalized spacial score (nSPS) is 12.8. The van der Waals surface area contributed by atoms with Crippen molar-refractivity contribution < 1.29 is 0 Å². The summed E-state index contributed by atoms with van der Waals surface area (Å²) < 4.78 is 0. The van der Waals surface area contributed by atoms with Crippen molar-refractivity contribution in [3.63, 3.8) is 0 Å². The molecule has 4 aromatic carbocycles. The van der Waals surface area contributed by atoms with E-state index in [2.05, 4.69) is 97.9 Å². The number of rotatable bonds is 2. The average molecular weight is 318 g/mol.